The predicted molar refractivity (Wildman–Crippen MR) is 105 cm³/mol. The number of carbonyl (C=O) groups excluding carboxylic acids is 1. The summed E-state index contributed by atoms with van der Waals surface area (Å²) in [6.45, 7) is 2.81. The first-order valence-corrected chi connectivity index (χ1v) is 8.82. The molecule has 0 radical (unpaired) electrons. The lowest BCUT2D eigenvalue weighted by Crippen LogP contribution is -2.23. The summed E-state index contributed by atoms with van der Waals surface area (Å²) in [5.41, 5.74) is 4.51. The van der Waals surface area contributed by atoms with Gasteiger partial charge in [-0.05, 0) is 18.6 Å². The van der Waals surface area contributed by atoms with Crippen molar-refractivity contribution in [2.45, 2.75) is 20.0 Å². The molecule has 0 unspecified atom stereocenters. The highest BCUT2D eigenvalue weighted by atomic mass is 16.4. The zero-order chi connectivity index (χ0) is 19.5. The molecule has 28 heavy (non-hydrogen) atoms. The van der Waals surface area contributed by atoms with Crippen molar-refractivity contribution in [2.75, 3.05) is 5.32 Å². The van der Waals surface area contributed by atoms with Crippen LogP contribution in [-0.2, 0) is 13.1 Å². The molecule has 0 saturated heterocycles. The molecule has 0 spiro atoms. The van der Waals surface area contributed by atoms with E-state index in [1.165, 1.54) is 11.8 Å². The van der Waals surface area contributed by atoms with Crippen molar-refractivity contribution in [2.24, 2.45) is 0 Å². The molecule has 142 valence electrons. The van der Waals surface area contributed by atoms with Gasteiger partial charge in [0.2, 0.25) is 0 Å². The summed E-state index contributed by atoms with van der Waals surface area (Å²) in [6, 6.07) is 13.4. The van der Waals surface area contributed by atoms with Gasteiger partial charge in [-0.1, -0.05) is 42.0 Å². The number of aryl methyl sites for hydroxylation is 1. The molecule has 2 aromatic carbocycles. The van der Waals surface area contributed by atoms with Crippen molar-refractivity contribution in [1.82, 2.24) is 20.5 Å². The van der Waals surface area contributed by atoms with Crippen molar-refractivity contribution in [3.63, 3.8) is 0 Å². The third kappa shape index (κ3) is 3.66. The number of para-hydroxylation sites is 1. The number of hydrogen-bond acceptors (Lipinski definition) is 5. The average Bonchev–Trinajstić information content (AvgIpc) is 3.31. The Labute approximate surface area is 160 Å². The number of H-pyrrole nitrogens is 2. The highest BCUT2D eigenvalue weighted by Gasteiger charge is 2.14. The van der Waals surface area contributed by atoms with E-state index >= 15 is 0 Å². The van der Waals surface area contributed by atoms with E-state index in [1.54, 1.807) is 6.07 Å². The number of rotatable bonds is 6. The van der Waals surface area contributed by atoms with Gasteiger partial charge in [-0.3, -0.25) is 14.9 Å². The number of nitrogens with one attached hydrogen (secondary N) is 4. The van der Waals surface area contributed by atoms with E-state index in [0.29, 0.717) is 35.6 Å². The second-order valence-corrected chi connectivity index (χ2v) is 6.49. The number of oxazole rings is 1. The first-order valence-electron chi connectivity index (χ1n) is 8.82. The molecule has 4 N–H and O–H groups in total. The molecule has 0 saturated carbocycles. The number of fused-ring (bicyclic) bond motifs is 1. The van der Waals surface area contributed by atoms with Crippen molar-refractivity contribution >= 4 is 22.8 Å². The summed E-state index contributed by atoms with van der Waals surface area (Å²) in [7, 11) is 0. The summed E-state index contributed by atoms with van der Waals surface area (Å²) in [5, 5.41) is 12.8. The number of carbonyl (C=O) groups is 1. The van der Waals surface area contributed by atoms with Crippen molar-refractivity contribution in [3.05, 3.63) is 81.5 Å². The van der Waals surface area contributed by atoms with Crippen LogP contribution in [0, 0.1) is 6.92 Å². The molecule has 2 aromatic heterocycles. The second kappa shape index (κ2) is 7.43. The van der Waals surface area contributed by atoms with Gasteiger partial charge >= 0.3 is 5.76 Å². The maximum absolute atomic E-state index is 12.5. The van der Waals surface area contributed by atoms with Crippen LogP contribution in [0.5, 0.6) is 0 Å². The Balaban J connectivity index is 1.44. The zero-order valence-corrected chi connectivity index (χ0v) is 15.2. The smallest absolute Gasteiger partial charge is 0.407 e. The number of aromatic amines is 2. The van der Waals surface area contributed by atoms with Crippen LogP contribution in [0.2, 0.25) is 0 Å². The predicted octanol–water partition coefficient (Wildman–Crippen LogP) is 2.69. The molecular formula is C20H19N5O3. The number of benzene rings is 2. The SMILES string of the molecule is Cc1ccc(CNC(=O)c2cn[nH]c2NCc2cccc3[nH]c(=O)oc23)cc1. The van der Waals surface area contributed by atoms with E-state index in [0.717, 1.165) is 11.1 Å². The first kappa shape index (κ1) is 17.6. The minimum absolute atomic E-state index is 0.233. The van der Waals surface area contributed by atoms with Crippen molar-refractivity contribution in [3.8, 4) is 0 Å². The standard InChI is InChI=1S/C20H19N5O3/c1-12-5-7-13(8-6-12)9-22-19(26)15-11-23-25-18(15)21-10-14-3-2-4-16-17(14)28-20(27)24-16/h2-8,11H,9-10H2,1H3,(H,22,26)(H,24,27)(H2,21,23,25). The van der Waals surface area contributed by atoms with Crippen LogP contribution in [0.15, 0.2) is 57.9 Å². The van der Waals surface area contributed by atoms with E-state index in [2.05, 4.69) is 25.8 Å². The molecule has 0 atom stereocenters. The van der Waals surface area contributed by atoms with Crippen LogP contribution in [0.1, 0.15) is 27.0 Å². The maximum Gasteiger partial charge on any atom is 0.417 e. The molecule has 8 heteroatoms. The minimum atomic E-state index is -0.500. The second-order valence-electron chi connectivity index (χ2n) is 6.49. The molecule has 0 fully saturated rings. The van der Waals surface area contributed by atoms with Crippen molar-refractivity contribution in [1.29, 1.82) is 0 Å². The third-order valence-electron chi connectivity index (χ3n) is 4.44. The lowest BCUT2D eigenvalue weighted by molar-refractivity contribution is 0.0951. The van der Waals surface area contributed by atoms with Gasteiger partial charge in [0.15, 0.2) is 5.58 Å². The monoisotopic (exact) mass is 377 g/mol. The lowest BCUT2D eigenvalue weighted by atomic mass is 10.1. The quantitative estimate of drug-likeness (QED) is 0.412. The topological polar surface area (TPSA) is 116 Å². The van der Waals surface area contributed by atoms with E-state index in [-0.39, 0.29) is 5.91 Å². The Morgan fingerprint density at radius 1 is 1.14 bits per heavy atom. The minimum Gasteiger partial charge on any atom is -0.407 e. The fourth-order valence-electron chi connectivity index (χ4n) is 2.93. The summed E-state index contributed by atoms with van der Waals surface area (Å²) in [5.74, 6) is -0.236. The molecule has 0 aliphatic rings. The van der Waals surface area contributed by atoms with Gasteiger partial charge in [0, 0.05) is 18.7 Å². The highest BCUT2D eigenvalue weighted by Crippen LogP contribution is 2.18. The Bertz CT molecular complexity index is 1170. The molecular weight excluding hydrogens is 358 g/mol. The van der Waals surface area contributed by atoms with Crippen LogP contribution in [-0.4, -0.2) is 21.1 Å². The Kier molecular flexibility index (Phi) is 4.67. The molecule has 4 aromatic rings. The van der Waals surface area contributed by atoms with Gasteiger partial charge in [-0.15, -0.1) is 0 Å². The number of amides is 1. The Hall–Kier alpha value is -3.81. The van der Waals surface area contributed by atoms with Crippen molar-refractivity contribution < 1.29 is 9.21 Å². The molecule has 0 aliphatic carbocycles. The van der Waals surface area contributed by atoms with E-state index in [4.69, 9.17) is 4.42 Å². The Morgan fingerprint density at radius 2 is 1.96 bits per heavy atom. The fourth-order valence-corrected chi connectivity index (χ4v) is 2.93. The van der Waals surface area contributed by atoms with Crippen LogP contribution < -0.4 is 16.4 Å². The number of nitrogens with zero attached hydrogens (tertiary/aromatic N) is 1. The van der Waals surface area contributed by atoms with E-state index in [1.807, 2.05) is 43.3 Å². The molecule has 4 rings (SSSR count). The van der Waals surface area contributed by atoms with Gasteiger partial charge in [-0.25, -0.2) is 4.79 Å². The molecule has 0 bridgehead atoms. The van der Waals surface area contributed by atoms with Crippen LogP contribution in [0.4, 0.5) is 5.82 Å². The van der Waals surface area contributed by atoms with E-state index < -0.39 is 5.76 Å². The fraction of sp³-hybridized carbons (Fsp3) is 0.150. The average molecular weight is 377 g/mol. The summed E-state index contributed by atoms with van der Waals surface area (Å²) in [6.07, 6.45) is 1.48. The van der Waals surface area contributed by atoms with Crippen LogP contribution >= 0.6 is 0 Å². The molecule has 2 heterocycles. The van der Waals surface area contributed by atoms with E-state index in [9.17, 15) is 9.59 Å². The largest absolute Gasteiger partial charge is 0.417 e. The van der Waals surface area contributed by atoms with Gasteiger partial charge in [0.05, 0.1) is 11.7 Å². The maximum atomic E-state index is 12.5. The van der Waals surface area contributed by atoms with Gasteiger partial charge in [0.25, 0.3) is 5.91 Å². The van der Waals surface area contributed by atoms with Crippen LogP contribution in [0.25, 0.3) is 11.1 Å². The lowest BCUT2D eigenvalue weighted by Gasteiger charge is -2.08. The van der Waals surface area contributed by atoms with Gasteiger partial charge in [-0.2, -0.15) is 5.10 Å². The number of anilines is 1. The number of hydrogen-bond donors (Lipinski definition) is 4. The van der Waals surface area contributed by atoms with Gasteiger partial charge < -0.3 is 15.1 Å². The zero-order valence-electron chi connectivity index (χ0n) is 15.2. The third-order valence-corrected chi connectivity index (χ3v) is 4.44. The molecule has 8 nitrogen and oxygen atoms in total. The molecule has 0 aliphatic heterocycles. The molecule has 1 amide bonds. The van der Waals surface area contributed by atoms with Crippen LogP contribution in [0.3, 0.4) is 0 Å². The number of aromatic nitrogens is 3. The summed E-state index contributed by atoms with van der Waals surface area (Å²) >= 11 is 0. The van der Waals surface area contributed by atoms with Gasteiger partial charge in [0.1, 0.15) is 11.4 Å². The normalized spacial score (nSPS) is 10.9. The highest BCUT2D eigenvalue weighted by molar-refractivity contribution is 5.98. The summed E-state index contributed by atoms with van der Waals surface area (Å²) < 4.78 is 5.19. The summed E-state index contributed by atoms with van der Waals surface area (Å²) in [4.78, 5) is 26.6. The first-order chi connectivity index (χ1) is 13.6. The Morgan fingerprint density at radius 3 is 2.79 bits per heavy atom.